The van der Waals surface area contributed by atoms with Crippen molar-refractivity contribution in [1.82, 2.24) is 4.57 Å². The Morgan fingerprint density at radius 1 is 0.303 bits per heavy atom. The predicted molar refractivity (Wildman–Crippen MR) is 322 cm³/mol. The van der Waals surface area contributed by atoms with E-state index in [4.69, 9.17) is 5.48 Å². The summed E-state index contributed by atoms with van der Waals surface area (Å²) >= 11 is 0. The number of anilines is 6. The van der Waals surface area contributed by atoms with Gasteiger partial charge in [-0.1, -0.05) is 249 Å². The third-order valence-corrected chi connectivity index (χ3v) is 15.2. The van der Waals surface area contributed by atoms with Crippen molar-refractivity contribution in [3.8, 4) is 61.3 Å². The normalized spacial score (nSPS) is 13.9. The van der Waals surface area contributed by atoms with Gasteiger partial charge in [-0.2, -0.15) is 0 Å². The smallest absolute Gasteiger partial charge is 0.252 e. The van der Waals surface area contributed by atoms with Gasteiger partial charge in [-0.25, -0.2) is 0 Å². The molecule has 15 rings (SSSR count). The van der Waals surface area contributed by atoms with Crippen LogP contribution in [0.2, 0.25) is 0 Å². The predicted octanol–water partition coefficient (Wildman–Crippen LogP) is 17.2. The molecule has 0 radical (unpaired) electrons. The molecule has 3 nitrogen and oxygen atoms in total. The Morgan fingerprint density at radius 2 is 0.724 bits per heavy atom. The molecule has 0 atom stereocenters. The number of aromatic nitrogens is 1. The van der Waals surface area contributed by atoms with Gasteiger partial charge in [0.25, 0.3) is 6.71 Å². The molecular weight excluding hydrogens is 918 g/mol. The minimum absolute atomic E-state index is 0.0220. The van der Waals surface area contributed by atoms with Crippen molar-refractivity contribution in [2.75, 3.05) is 9.80 Å². The highest BCUT2D eigenvalue weighted by molar-refractivity contribution is 7.00. The van der Waals surface area contributed by atoms with Gasteiger partial charge in [-0.05, 0) is 92.2 Å². The molecular formula is C72H48BN3. The van der Waals surface area contributed by atoms with Crippen molar-refractivity contribution in [2.45, 2.75) is 0 Å². The number of hydrogen-bond acceptors (Lipinski definition) is 2. The van der Waals surface area contributed by atoms with E-state index in [1.165, 1.54) is 0 Å². The summed E-state index contributed by atoms with van der Waals surface area (Å²) in [5.41, 5.74) is 19.5. The van der Waals surface area contributed by atoms with E-state index >= 15 is 0 Å². The number of nitrogens with zero attached hydrogens (tertiary/aromatic N) is 3. The van der Waals surface area contributed by atoms with E-state index in [0.29, 0.717) is 5.69 Å². The molecule has 0 unspecified atom stereocenters. The first-order chi connectivity index (χ1) is 41.1. The van der Waals surface area contributed by atoms with Crippen LogP contribution in [0.4, 0.5) is 34.1 Å². The fourth-order valence-electron chi connectivity index (χ4n) is 12.0. The van der Waals surface area contributed by atoms with Crippen molar-refractivity contribution in [1.29, 1.82) is 0 Å². The van der Waals surface area contributed by atoms with E-state index in [0.717, 1.165) is 106 Å². The van der Waals surface area contributed by atoms with Gasteiger partial charge in [0.1, 0.15) is 0 Å². The summed E-state index contributed by atoms with van der Waals surface area (Å²) in [7, 11) is 0. The van der Waals surface area contributed by atoms with Gasteiger partial charge in [-0.3, -0.25) is 0 Å². The lowest BCUT2D eigenvalue weighted by molar-refractivity contribution is 1.17. The van der Waals surface area contributed by atoms with Gasteiger partial charge in [0.15, 0.2) is 0 Å². The molecule has 0 amide bonds. The molecule has 1 aromatic heterocycles. The Kier molecular flexibility index (Phi) is 8.52. The topological polar surface area (TPSA) is 11.4 Å². The molecule has 0 bridgehead atoms. The molecule has 0 aliphatic carbocycles. The molecule has 0 saturated carbocycles. The summed E-state index contributed by atoms with van der Waals surface area (Å²) in [4.78, 5) is 4.84. The van der Waals surface area contributed by atoms with E-state index in [9.17, 15) is 5.48 Å². The quantitative estimate of drug-likeness (QED) is 0.141. The maximum Gasteiger partial charge on any atom is 0.252 e. The molecule has 4 heteroatoms. The Bertz CT molecular complexity index is 4640. The molecule has 354 valence electrons. The average molecular weight is 974 g/mol. The molecule has 2 aliphatic heterocycles. The molecule has 0 spiro atoms. The van der Waals surface area contributed by atoms with Crippen LogP contribution in [0.1, 0.15) is 11.0 Å². The second-order valence-electron chi connectivity index (χ2n) is 19.3. The number of rotatable bonds is 8. The first-order valence-corrected chi connectivity index (χ1v) is 25.6. The van der Waals surface area contributed by atoms with Gasteiger partial charge in [0, 0.05) is 61.5 Å². The maximum absolute atomic E-state index is 9.55. The lowest BCUT2D eigenvalue weighted by Crippen LogP contribution is -2.61. The van der Waals surface area contributed by atoms with E-state index in [-0.39, 0.29) is 46.0 Å². The highest BCUT2D eigenvalue weighted by Crippen LogP contribution is 2.53. The van der Waals surface area contributed by atoms with Crippen molar-refractivity contribution < 1.29 is 11.0 Å². The molecule has 2 aliphatic rings. The van der Waals surface area contributed by atoms with Crippen LogP contribution in [0.3, 0.4) is 0 Å². The van der Waals surface area contributed by atoms with E-state index < -0.39 is 30.9 Å². The highest BCUT2D eigenvalue weighted by atomic mass is 15.2. The standard InChI is InChI=1S/C72H48BN3/c1-6-23-49(24-7-1)54-43-46-66-63(47-54)73-62-45-44-55(74-64-39-18-16-33-60(64)61-34-17-19-40-65(61)74)48-69(62)76(72-58(52-29-12-4-13-30-52)37-21-38-59(72)53-31-14-5-15-32-53)68-42-22-41-67(70(68)73)75(66)71-56(50-25-8-2-9-26-50)35-20-36-57(71)51-27-10-3-11-28-51/h1-48H/i16D,17D,18D,19D,33D,34D,39D,40D. The van der Waals surface area contributed by atoms with Crippen LogP contribution >= 0.6 is 0 Å². The van der Waals surface area contributed by atoms with Gasteiger partial charge < -0.3 is 14.4 Å². The first kappa shape index (κ1) is 36.1. The fraction of sp³-hybridized carbons (Fsp3) is 0. The van der Waals surface area contributed by atoms with Crippen LogP contribution in [-0.4, -0.2) is 11.3 Å². The molecule has 0 fully saturated rings. The van der Waals surface area contributed by atoms with Crippen LogP contribution in [0.25, 0.3) is 83.1 Å². The number of benzene rings is 12. The van der Waals surface area contributed by atoms with Gasteiger partial charge in [0.2, 0.25) is 0 Å². The van der Waals surface area contributed by atoms with Crippen LogP contribution in [0, 0.1) is 0 Å². The van der Waals surface area contributed by atoms with Crippen LogP contribution in [0.15, 0.2) is 291 Å². The van der Waals surface area contributed by atoms with Crippen molar-refractivity contribution in [3.05, 3.63) is 291 Å². The third-order valence-electron chi connectivity index (χ3n) is 15.2. The maximum atomic E-state index is 9.55. The Labute approximate surface area is 454 Å². The Hall–Kier alpha value is -9.90. The molecule has 13 aromatic rings. The second-order valence-corrected chi connectivity index (χ2v) is 19.3. The number of hydrogen-bond donors (Lipinski definition) is 0. The van der Waals surface area contributed by atoms with Gasteiger partial charge >= 0.3 is 0 Å². The zero-order chi connectivity index (χ0) is 57.1. The summed E-state index contributed by atoms with van der Waals surface area (Å²) in [6, 6.07) is 81.5. The SMILES string of the molecule is [2H]c1c([2H])c([2H])c2c(c1[2H])c1c([2H])c([2H])c([2H])c([2H])c1n2-c1ccc2c(c1)N(c1c(-c3ccccc3)cccc1-c1ccccc1)c1cccc3c1B2c1cc(-c2ccccc2)ccc1N3c1c(-c2ccccc2)cccc1-c1ccccc1. The number of fused-ring (bicyclic) bond motifs is 7. The van der Waals surface area contributed by atoms with Crippen LogP contribution < -0.4 is 26.2 Å². The van der Waals surface area contributed by atoms with E-state index in [1.54, 1.807) is 4.57 Å². The summed E-state index contributed by atoms with van der Waals surface area (Å²) in [6.45, 7) is -0.396. The lowest BCUT2D eigenvalue weighted by Gasteiger charge is -2.45. The van der Waals surface area contributed by atoms with Crippen LogP contribution in [0.5, 0.6) is 0 Å². The van der Waals surface area contributed by atoms with Gasteiger partial charge in [-0.15, -0.1) is 0 Å². The summed E-state index contributed by atoms with van der Waals surface area (Å²) in [5.74, 6) is 0. The molecule has 12 aromatic carbocycles. The van der Waals surface area contributed by atoms with Crippen molar-refractivity contribution in [3.63, 3.8) is 0 Å². The monoisotopic (exact) mass is 973 g/mol. The summed E-state index contributed by atoms with van der Waals surface area (Å²) in [5, 5.41) is 0.0440. The van der Waals surface area contributed by atoms with E-state index in [2.05, 4.69) is 222 Å². The van der Waals surface area contributed by atoms with Crippen molar-refractivity contribution >= 4 is 79.0 Å². The first-order valence-electron chi connectivity index (χ1n) is 29.6. The molecule has 76 heavy (non-hydrogen) atoms. The zero-order valence-corrected chi connectivity index (χ0v) is 41.0. The lowest BCUT2D eigenvalue weighted by atomic mass is 9.33. The summed E-state index contributed by atoms with van der Waals surface area (Å²) in [6.07, 6.45) is 0. The van der Waals surface area contributed by atoms with Crippen LogP contribution in [-0.2, 0) is 0 Å². The second kappa shape index (κ2) is 17.9. The molecule has 0 N–H and O–H groups in total. The minimum atomic E-state index is -0.490. The largest absolute Gasteiger partial charge is 0.310 e. The third kappa shape index (κ3) is 6.92. The van der Waals surface area contributed by atoms with E-state index in [1.807, 2.05) is 30.3 Å². The zero-order valence-electron chi connectivity index (χ0n) is 49.0. The average Bonchev–Trinajstić information content (AvgIpc) is 1.15. The molecule has 3 heterocycles. The Morgan fingerprint density at radius 3 is 1.20 bits per heavy atom. The Balaban J connectivity index is 1.11. The minimum Gasteiger partial charge on any atom is -0.310 e. The fourth-order valence-corrected chi connectivity index (χ4v) is 12.0. The summed E-state index contributed by atoms with van der Waals surface area (Å²) < 4.78 is 75.1. The number of para-hydroxylation sites is 4. The molecule has 0 saturated heterocycles. The highest BCUT2D eigenvalue weighted by Gasteiger charge is 2.45. The van der Waals surface area contributed by atoms with Crippen molar-refractivity contribution in [2.24, 2.45) is 0 Å². The van der Waals surface area contributed by atoms with Gasteiger partial charge in [0.05, 0.1) is 33.4 Å².